The number of rotatable bonds is 3. The first kappa shape index (κ1) is 13.6. The summed E-state index contributed by atoms with van der Waals surface area (Å²) < 4.78 is 1.97. The van der Waals surface area contributed by atoms with Gasteiger partial charge in [0.05, 0.1) is 29.3 Å². The molecule has 0 bridgehead atoms. The van der Waals surface area contributed by atoms with Crippen LogP contribution in [0.5, 0.6) is 0 Å². The number of nitrogens with zero attached hydrogens (tertiary/aromatic N) is 3. The predicted molar refractivity (Wildman–Crippen MR) is 77.5 cm³/mol. The lowest BCUT2D eigenvalue weighted by Crippen LogP contribution is -2.24. The zero-order valence-corrected chi connectivity index (χ0v) is 11.7. The maximum Gasteiger partial charge on any atom is 0.306 e. The van der Waals surface area contributed by atoms with Crippen molar-refractivity contribution in [3.8, 4) is 6.07 Å². The molecule has 1 aliphatic rings. The highest BCUT2D eigenvalue weighted by Gasteiger charge is 2.26. The van der Waals surface area contributed by atoms with Crippen molar-refractivity contribution in [1.82, 2.24) is 9.78 Å². The number of nitriles is 1. The maximum atomic E-state index is 11.0. The fourth-order valence-corrected chi connectivity index (χ4v) is 3.14. The minimum Gasteiger partial charge on any atom is -0.481 e. The molecule has 5 nitrogen and oxygen atoms in total. The first-order chi connectivity index (χ1) is 10.2. The fourth-order valence-electron chi connectivity index (χ4n) is 3.14. The number of carbonyl (C=O) groups is 1. The van der Waals surface area contributed by atoms with Gasteiger partial charge in [0.2, 0.25) is 0 Å². The minimum atomic E-state index is -0.665. The number of carboxylic acids is 1. The molecule has 3 rings (SSSR count). The highest BCUT2D eigenvalue weighted by Crippen LogP contribution is 2.30. The van der Waals surface area contributed by atoms with Crippen molar-refractivity contribution in [3.63, 3.8) is 0 Å². The van der Waals surface area contributed by atoms with E-state index < -0.39 is 5.97 Å². The van der Waals surface area contributed by atoms with Gasteiger partial charge in [-0.15, -0.1) is 0 Å². The van der Waals surface area contributed by atoms with Crippen LogP contribution in [0.1, 0.15) is 31.2 Å². The lowest BCUT2D eigenvalue weighted by atomic mass is 9.82. The summed E-state index contributed by atoms with van der Waals surface area (Å²) in [6.45, 7) is 0.821. The Hall–Kier alpha value is -2.35. The van der Waals surface area contributed by atoms with E-state index in [-0.39, 0.29) is 5.92 Å². The van der Waals surface area contributed by atoms with Gasteiger partial charge in [-0.05, 0) is 49.8 Å². The third kappa shape index (κ3) is 2.75. The van der Waals surface area contributed by atoms with Crippen LogP contribution in [0.3, 0.4) is 0 Å². The monoisotopic (exact) mass is 283 g/mol. The predicted octanol–water partition coefficient (Wildman–Crippen LogP) is 2.80. The molecule has 1 N–H and O–H groups in total. The Morgan fingerprint density at radius 2 is 2.14 bits per heavy atom. The van der Waals surface area contributed by atoms with Crippen LogP contribution in [-0.4, -0.2) is 20.9 Å². The second kappa shape index (κ2) is 5.57. The van der Waals surface area contributed by atoms with Gasteiger partial charge in [0, 0.05) is 11.9 Å². The molecule has 0 aliphatic heterocycles. The highest BCUT2D eigenvalue weighted by molar-refractivity contribution is 5.80. The van der Waals surface area contributed by atoms with Crippen molar-refractivity contribution in [2.24, 2.45) is 11.8 Å². The molecule has 5 heteroatoms. The first-order valence-corrected chi connectivity index (χ1v) is 7.26. The van der Waals surface area contributed by atoms with Crippen LogP contribution >= 0.6 is 0 Å². The van der Waals surface area contributed by atoms with Crippen LogP contribution < -0.4 is 0 Å². The number of benzene rings is 1. The Morgan fingerprint density at radius 1 is 1.38 bits per heavy atom. The summed E-state index contributed by atoms with van der Waals surface area (Å²) in [5.41, 5.74) is 1.68. The molecule has 2 aromatic rings. The van der Waals surface area contributed by atoms with Crippen LogP contribution in [0.4, 0.5) is 0 Å². The minimum absolute atomic E-state index is 0.172. The molecule has 0 unspecified atom stereocenters. The van der Waals surface area contributed by atoms with Crippen molar-refractivity contribution in [1.29, 1.82) is 5.26 Å². The molecular weight excluding hydrogens is 266 g/mol. The van der Waals surface area contributed by atoms with Gasteiger partial charge in [-0.3, -0.25) is 9.48 Å². The highest BCUT2D eigenvalue weighted by atomic mass is 16.4. The van der Waals surface area contributed by atoms with Crippen LogP contribution in [0, 0.1) is 23.2 Å². The zero-order valence-electron chi connectivity index (χ0n) is 11.7. The van der Waals surface area contributed by atoms with Gasteiger partial charge in [0.25, 0.3) is 0 Å². The molecule has 1 aromatic carbocycles. The second-order valence-corrected chi connectivity index (χ2v) is 5.77. The average Bonchev–Trinajstić information content (AvgIpc) is 2.90. The van der Waals surface area contributed by atoms with Crippen molar-refractivity contribution in [3.05, 3.63) is 30.0 Å². The summed E-state index contributed by atoms with van der Waals surface area (Å²) in [5.74, 6) is -0.352. The van der Waals surface area contributed by atoms with Gasteiger partial charge in [0.15, 0.2) is 0 Å². The summed E-state index contributed by atoms with van der Waals surface area (Å²) in [5, 5.41) is 23.3. The lowest BCUT2D eigenvalue weighted by Gasteiger charge is -2.26. The summed E-state index contributed by atoms with van der Waals surface area (Å²) in [7, 11) is 0. The SMILES string of the molecule is N#Cc1ccc2c(cnn2C[C@H]2CC[C@H](C(=O)O)CC2)c1. The Kier molecular flexibility index (Phi) is 3.61. The first-order valence-electron chi connectivity index (χ1n) is 7.26. The quantitative estimate of drug-likeness (QED) is 0.939. The molecule has 1 fully saturated rings. The van der Waals surface area contributed by atoms with E-state index in [1.54, 1.807) is 6.20 Å². The van der Waals surface area contributed by atoms with E-state index in [2.05, 4.69) is 11.2 Å². The third-order valence-electron chi connectivity index (χ3n) is 4.40. The molecule has 21 heavy (non-hydrogen) atoms. The summed E-state index contributed by atoms with van der Waals surface area (Å²) in [4.78, 5) is 11.0. The van der Waals surface area contributed by atoms with Crippen molar-refractivity contribution >= 4 is 16.9 Å². The number of hydrogen-bond acceptors (Lipinski definition) is 3. The van der Waals surface area contributed by atoms with Crippen LogP contribution in [0.2, 0.25) is 0 Å². The molecule has 1 aliphatic carbocycles. The number of aromatic nitrogens is 2. The molecule has 108 valence electrons. The summed E-state index contributed by atoms with van der Waals surface area (Å²) >= 11 is 0. The number of hydrogen-bond donors (Lipinski definition) is 1. The van der Waals surface area contributed by atoms with Gasteiger partial charge in [-0.2, -0.15) is 10.4 Å². The van der Waals surface area contributed by atoms with Gasteiger partial charge < -0.3 is 5.11 Å². The largest absolute Gasteiger partial charge is 0.481 e. The fraction of sp³-hybridized carbons (Fsp3) is 0.438. The van der Waals surface area contributed by atoms with Gasteiger partial charge in [0.1, 0.15) is 0 Å². The van der Waals surface area contributed by atoms with E-state index >= 15 is 0 Å². The lowest BCUT2D eigenvalue weighted by molar-refractivity contribution is -0.143. The Morgan fingerprint density at radius 3 is 2.81 bits per heavy atom. The van der Waals surface area contributed by atoms with Gasteiger partial charge in [-0.1, -0.05) is 0 Å². The van der Waals surface area contributed by atoms with Gasteiger partial charge >= 0.3 is 5.97 Å². The van der Waals surface area contributed by atoms with Crippen molar-refractivity contribution in [2.75, 3.05) is 0 Å². The molecule has 1 heterocycles. The van der Waals surface area contributed by atoms with E-state index in [0.717, 1.165) is 43.1 Å². The molecule has 1 saturated carbocycles. The van der Waals surface area contributed by atoms with Gasteiger partial charge in [-0.25, -0.2) is 0 Å². The Balaban J connectivity index is 1.72. The molecule has 1 aromatic heterocycles. The summed E-state index contributed by atoms with van der Waals surface area (Å²) in [6.07, 6.45) is 5.19. The molecule has 0 atom stereocenters. The second-order valence-electron chi connectivity index (χ2n) is 5.77. The van der Waals surface area contributed by atoms with Crippen molar-refractivity contribution < 1.29 is 9.90 Å². The molecular formula is C16H17N3O2. The number of aliphatic carboxylic acids is 1. The van der Waals surface area contributed by atoms with Crippen LogP contribution in [0.15, 0.2) is 24.4 Å². The molecule has 0 amide bonds. The molecule has 0 spiro atoms. The van der Waals surface area contributed by atoms with Crippen LogP contribution in [0.25, 0.3) is 10.9 Å². The smallest absolute Gasteiger partial charge is 0.306 e. The van der Waals surface area contributed by atoms with Crippen molar-refractivity contribution in [2.45, 2.75) is 32.2 Å². The van der Waals surface area contributed by atoms with E-state index in [9.17, 15) is 4.79 Å². The van der Waals surface area contributed by atoms with E-state index in [0.29, 0.717) is 11.5 Å². The summed E-state index contributed by atoms with van der Waals surface area (Å²) in [6, 6.07) is 7.72. The average molecular weight is 283 g/mol. The Bertz CT molecular complexity index is 706. The topological polar surface area (TPSA) is 78.9 Å². The maximum absolute atomic E-state index is 11.0. The zero-order chi connectivity index (χ0) is 14.8. The number of carboxylic acid groups (broad SMARTS) is 1. The third-order valence-corrected chi connectivity index (χ3v) is 4.40. The van der Waals surface area contributed by atoms with E-state index in [1.165, 1.54) is 0 Å². The standard InChI is InChI=1S/C16H17N3O2/c17-8-12-3-6-15-14(7-12)9-18-19(15)10-11-1-4-13(5-2-11)16(20)21/h3,6-7,9,11,13H,1-2,4-5,10H2,(H,20,21)/t11-,13-. The van der Waals surface area contributed by atoms with E-state index in [4.69, 9.17) is 10.4 Å². The Labute approximate surface area is 122 Å². The molecule has 0 saturated heterocycles. The van der Waals surface area contributed by atoms with Crippen LogP contribution in [-0.2, 0) is 11.3 Å². The van der Waals surface area contributed by atoms with E-state index in [1.807, 2.05) is 22.9 Å². The normalized spacial score (nSPS) is 22.0. The molecule has 0 radical (unpaired) electrons. The number of fused-ring (bicyclic) bond motifs is 1.